The van der Waals surface area contributed by atoms with Crippen LogP contribution >= 0.6 is 24.0 Å². The average molecular weight is 552 g/mol. The first-order chi connectivity index (χ1) is 14.3. The summed E-state index contributed by atoms with van der Waals surface area (Å²) < 4.78 is 44.1. The number of benzene rings is 1. The van der Waals surface area contributed by atoms with E-state index in [4.69, 9.17) is 4.52 Å². The predicted octanol–water partition coefficient (Wildman–Crippen LogP) is 3.77. The number of nitrogens with one attached hydrogen (secondary N) is 1. The van der Waals surface area contributed by atoms with Gasteiger partial charge in [-0.2, -0.15) is 18.2 Å². The predicted molar refractivity (Wildman–Crippen MR) is 124 cm³/mol. The Balaban J connectivity index is 0.00000341. The number of hydrogen-bond acceptors (Lipinski definition) is 5. The molecule has 1 fully saturated rings. The molecule has 0 radical (unpaired) electrons. The fraction of sp³-hybridized carbons (Fsp3) is 0.550. The maximum atomic E-state index is 13.0. The van der Waals surface area contributed by atoms with Gasteiger partial charge in [0.15, 0.2) is 11.8 Å². The van der Waals surface area contributed by atoms with Crippen LogP contribution in [0.1, 0.15) is 37.0 Å². The zero-order valence-corrected chi connectivity index (χ0v) is 20.1. The van der Waals surface area contributed by atoms with E-state index in [2.05, 4.69) is 25.3 Å². The molecular formula is C20H28F3IN6O. The highest BCUT2D eigenvalue weighted by molar-refractivity contribution is 14.0. The standard InChI is InChI=1S/C20H27F3N6O.HI/c1-14(2)18-26-17(30-27-18)7-8-25-19(24-3)29-11-9-28(10-12-29)16-6-4-5-15(13-16)20(21,22)23;/h4-6,13-14H,7-12H2,1-3H3,(H,24,25);1H. The molecule has 2 aromatic rings. The molecule has 1 N–H and O–H groups in total. The van der Waals surface area contributed by atoms with Gasteiger partial charge in [-0.3, -0.25) is 4.99 Å². The van der Waals surface area contributed by atoms with E-state index in [1.165, 1.54) is 12.1 Å². The summed E-state index contributed by atoms with van der Waals surface area (Å²) in [6.07, 6.45) is -3.75. The van der Waals surface area contributed by atoms with Crippen molar-refractivity contribution in [1.82, 2.24) is 20.4 Å². The Hall–Kier alpha value is -2.05. The molecular weight excluding hydrogens is 524 g/mol. The maximum Gasteiger partial charge on any atom is 0.416 e. The lowest BCUT2D eigenvalue weighted by Gasteiger charge is -2.37. The molecule has 2 heterocycles. The molecule has 172 valence electrons. The van der Waals surface area contributed by atoms with E-state index in [0.717, 1.165) is 12.0 Å². The monoisotopic (exact) mass is 552 g/mol. The van der Waals surface area contributed by atoms with Crippen molar-refractivity contribution < 1.29 is 17.7 Å². The van der Waals surface area contributed by atoms with Crippen LogP contribution in [-0.4, -0.2) is 60.8 Å². The summed E-state index contributed by atoms with van der Waals surface area (Å²) in [7, 11) is 1.71. The highest BCUT2D eigenvalue weighted by Crippen LogP contribution is 2.31. The van der Waals surface area contributed by atoms with Crippen molar-refractivity contribution in [2.24, 2.45) is 4.99 Å². The van der Waals surface area contributed by atoms with Gasteiger partial charge in [0.25, 0.3) is 0 Å². The Morgan fingerprint density at radius 2 is 1.94 bits per heavy atom. The Morgan fingerprint density at radius 1 is 1.23 bits per heavy atom. The molecule has 1 aliphatic heterocycles. The second-order valence-corrected chi connectivity index (χ2v) is 7.45. The van der Waals surface area contributed by atoms with Crippen LogP contribution in [-0.2, 0) is 12.6 Å². The quantitative estimate of drug-likeness (QED) is 0.346. The Kier molecular flexibility index (Phi) is 8.95. The second kappa shape index (κ2) is 11.0. The number of hydrogen-bond donors (Lipinski definition) is 1. The molecule has 0 bridgehead atoms. The highest BCUT2D eigenvalue weighted by Gasteiger charge is 2.31. The number of anilines is 1. The van der Waals surface area contributed by atoms with Crippen LogP contribution < -0.4 is 10.2 Å². The van der Waals surface area contributed by atoms with Crippen molar-refractivity contribution in [2.45, 2.75) is 32.4 Å². The minimum Gasteiger partial charge on any atom is -0.368 e. The first-order valence-electron chi connectivity index (χ1n) is 9.98. The molecule has 31 heavy (non-hydrogen) atoms. The van der Waals surface area contributed by atoms with Gasteiger partial charge >= 0.3 is 6.18 Å². The largest absolute Gasteiger partial charge is 0.416 e. The summed E-state index contributed by atoms with van der Waals surface area (Å²) in [5.74, 6) is 2.25. The number of aromatic nitrogens is 2. The van der Waals surface area contributed by atoms with Crippen molar-refractivity contribution in [3.63, 3.8) is 0 Å². The number of piperazine rings is 1. The molecule has 0 unspecified atom stereocenters. The molecule has 0 atom stereocenters. The van der Waals surface area contributed by atoms with E-state index in [-0.39, 0.29) is 29.9 Å². The minimum atomic E-state index is -4.34. The number of alkyl halides is 3. The van der Waals surface area contributed by atoms with Crippen molar-refractivity contribution in [3.05, 3.63) is 41.5 Å². The molecule has 3 rings (SSSR count). The summed E-state index contributed by atoms with van der Waals surface area (Å²) in [6, 6.07) is 5.47. The fourth-order valence-electron chi connectivity index (χ4n) is 3.27. The zero-order valence-electron chi connectivity index (χ0n) is 17.8. The summed E-state index contributed by atoms with van der Waals surface area (Å²) >= 11 is 0. The van der Waals surface area contributed by atoms with Gasteiger partial charge in [-0.05, 0) is 18.2 Å². The van der Waals surface area contributed by atoms with Crippen LogP contribution in [0.3, 0.4) is 0 Å². The highest BCUT2D eigenvalue weighted by atomic mass is 127. The SMILES string of the molecule is CN=C(NCCc1nc(C(C)C)no1)N1CCN(c2cccc(C(F)(F)F)c2)CC1.I. The fourth-order valence-corrected chi connectivity index (χ4v) is 3.27. The van der Waals surface area contributed by atoms with Gasteiger partial charge in [0.05, 0.1) is 5.56 Å². The van der Waals surface area contributed by atoms with Crippen molar-refractivity contribution >= 4 is 35.6 Å². The van der Waals surface area contributed by atoms with Gasteiger partial charge < -0.3 is 19.6 Å². The molecule has 7 nitrogen and oxygen atoms in total. The van der Waals surface area contributed by atoms with E-state index in [1.807, 2.05) is 18.7 Å². The topological polar surface area (TPSA) is 69.8 Å². The number of rotatable bonds is 5. The summed E-state index contributed by atoms with van der Waals surface area (Å²) in [4.78, 5) is 12.7. The lowest BCUT2D eigenvalue weighted by Crippen LogP contribution is -2.52. The van der Waals surface area contributed by atoms with Gasteiger partial charge in [-0.1, -0.05) is 25.1 Å². The Morgan fingerprint density at radius 3 is 2.52 bits per heavy atom. The van der Waals surface area contributed by atoms with E-state index >= 15 is 0 Å². The van der Waals surface area contributed by atoms with E-state index in [0.29, 0.717) is 56.5 Å². The van der Waals surface area contributed by atoms with Crippen LogP contribution in [0.4, 0.5) is 18.9 Å². The number of halogens is 4. The van der Waals surface area contributed by atoms with Crippen molar-refractivity contribution in [3.8, 4) is 0 Å². The van der Waals surface area contributed by atoms with Crippen LogP contribution in [0.2, 0.25) is 0 Å². The molecule has 1 aliphatic rings. The maximum absolute atomic E-state index is 13.0. The van der Waals surface area contributed by atoms with Crippen molar-refractivity contribution in [1.29, 1.82) is 0 Å². The van der Waals surface area contributed by atoms with Crippen LogP contribution in [0.25, 0.3) is 0 Å². The normalized spacial score (nSPS) is 15.3. The van der Waals surface area contributed by atoms with Crippen LogP contribution in [0.5, 0.6) is 0 Å². The van der Waals surface area contributed by atoms with Crippen LogP contribution in [0, 0.1) is 0 Å². The molecule has 1 aromatic carbocycles. The Labute approximate surface area is 197 Å². The van der Waals surface area contributed by atoms with Gasteiger partial charge in [0.1, 0.15) is 0 Å². The molecule has 0 amide bonds. The number of guanidine groups is 1. The minimum absolute atomic E-state index is 0. The number of nitrogens with zero attached hydrogens (tertiary/aromatic N) is 5. The van der Waals surface area contributed by atoms with Gasteiger partial charge in [-0.25, -0.2) is 0 Å². The summed E-state index contributed by atoms with van der Waals surface area (Å²) in [5, 5.41) is 7.24. The first-order valence-corrected chi connectivity index (χ1v) is 9.98. The van der Waals surface area contributed by atoms with Gasteiger partial charge in [0, 0.05) is 57.8 Å². The average Bonchev–Trinajstić information content (AvgIpc) is 3.20. The van der Waals surface area contributed by atoms with Crippen molar-refractivity contribution in [2.75, 3.05) is 44.7 Å². The van der Waals surface area contributed by atoms with Gasteiger partial charge in [0.2, 0.25) is 5.89 Å². The molecule has 0 aliphatic carbocycles. The lowest BCUT2D eigenvalue weighted by atomic mass is 10.1. The molecule has 11 heteroatoms. The van der Waals surface area contributed by atoms with Crippen LogP contribution in [0.15, 0.2) is 33.8 Å². The smallest absolute Gasteiger partial charge is 0.368 e. The summed E-state index contributed by atoms with van der Waals surface area (Å²) in [6.45, 7) is 7.16. The van der Waals surface area contributed by atoms with Gasteiger partial charge in [-0.15, -0.1) is 24.0 Å². The summed E-state index contributed by atoms with van der Waals surface area (Å²) in [5.41, 5.74) is -0.0358. The number of aliphatic imine (C=N–C) groups is 1. The van der Waals surface area contributed by atoms with E-state index < -0.39 is 11.7 Å². The zero-order chi connectivity index (χ0) is 21.7. The lowest BCUT2D eigenvalue weighted by molar-refractivity contribution is -0.137. The molecule has 1 aromatic heterocycles. The molecule has 0 spiro atoms. The molecule has 0 saturated carbocycles. The molecule has 1 saturated heterocycles. The van der Waals surface area contributed by atoms with E-state index in [1.54, 1.807) is 13.1 Å². The third-order valence-electron chi connectivity index (χ3n) is 4.95. The third kappa shape index (κ3) is 6.71. The first kappa shape index (κ1) is 25.2. The Bertz CT molecular complexity index is 863. The second-order valence-electron chi connectivity index (χ2n) is 7.45. The third-order valence-corrected chi connectivity index (χ3v) is 4.95. The van der Waals surface area contributed by atoms with E-state index in [9.17, 15) is 13.2 Å².